The largest absolute Gasteiger partial charge is 0.357 e. The van der Waals surface area contributed by atoms with Crippen molar-refractivity contribution in [3.8, 4) is 0 Å². The summed E-state index contributed by atoms with van der Waals surface area (Å²) in [4.78, 5) is 18.3. The van der Waals surface area contributed by atoms with Crippen LogP contribution < -0.4 is 10.2 Å². The molecule has 1 unspecified atom stereocenters. The fourth-order valence-electron chi connectivity index (χ4n) is 2.01. The summed E-state index contributed by atoms with van der Waals surface area (Å²) in [6.07, 6.45) is 3.94. The third-order valence-corrected chi connectivity index (χ3v) is 3.19. The van der Waals surface area contributed by atoms with Gasteiger partial charge < -0.3 is 15.2 Å². The van der Waals surface area contributed by atoms with Crippen molar-refractivity contribution in [2.24, 2.45) is 0 Å². The van der Waals surface area contributed by atoms with E-state index in [-0.39, 0.29) is 0 Å². The quantitative estimate of drug-likeness (QED) is 0.847. The standard InChI is InChI=1S/C12H20N6/c1-5-6-8(2)18(4)11-9-10(15-7-14-9)16-12(13-3)17-11/h7-8H,5-6H2,1-4H3,(H2,13,14,15,16,17). The minimum absolute atomic E-state index is 0.432. The average molecular weight is 248 g/mol. The minimum Gasteiger partial charge on any atom is -0.357 e. The summed E-state index contributed by atoms with van der Waals surface area (Å²) >= 11 is 0. The zero-order valence-corrected chi connectivity index (χ0v) is 11.4. The second kappa shape index (κ2) is 5.20. The molecule has 2 rings (SSSR count). The first-order valence-corrected chi connectivity index (χ1v) is 6.29. The smallest absolute Gasteiger partial charge is 0.226 e. The van der Waals surface area contributed by atoms with Crippen LogP contribution in [-0.4, -0.2) is 40.1 Å². The molecule has 2 aromatic heterocycles. The van der Waals surface area contributed by atoms with Crippen molar-refractivity contribution in [1.82, 2.24) is 19.9 Å². The van der Waals surface area contributed by atoms with Gasteiger partial charge in [-0.25, -0.2) is 4.98 Å². The first-order chi connectivity index (χ1) is 8.67. The Morgan fingerprint density at radius 1 is 1.44 bits per heavy atom. The summed E-state index contributed by atoms with van der Waals surface area (Å²) in [6, 6.07) is 0.432. The lowest BCUT2D eigenvalue weighted by atomic mass is 10.2. The normalized spacial score (nSPS) is 12.7. The van der Waals surface area contributed by atoms with Crippen molar-refractivity contribution in [3.05, 3.63) is 6.33 Å². The number of aromatic nitrogens is 4. The van der Waals surface area contributed by atoms with Crippen molar-refractivity contribution < 1.29 is 0 Å². The Hall–Kier alpha value is -1.85. The van der Waals surface area contributed by atoms with Crippen LogP contribution in [0.5, 0.6) is 0 Å². The van der Waals surface area contributed by atoms with Gasteiger partial charge in [0.05, 0.1) is 6.33 Å². The first-order valence-electron chi connectivity index (χ1n) is 6.29. The highest BCUT2D eigenvalue weighted by Gasteiger charge is 2.16. The molecule has 6 heteroatoms. The minimum atomic E-state index is 0.432. The molecule has 0 aromatic carbocycles. The number of H-pyrrole nitrogens is 1. The topological polar surface area (TPSA) is 69.7 Å². The lowest BCUT2D eigenvalue weighted by Crippen LogP contribution is -2.29. The fourth-order valence-corrected chi connectivity index (χ4v) is 2.01. The number of hydrogen-bond acceptors (Lipinski definition) is 5. The van der Waals surface area contributed by atoms with Gasteiger partial charge in [-0.2, -0.15) is 9.97 Å². The summed E-state index contributed by atoms with van der Waals surface area (Å²) in [6.45, 7) is 4.39. The van der Waals surface area contributed by atoms with Crippen molar-refractivity contribution in [1.29, 1.82) is 0 Å². The predicted octanol–water partition coefficient (Wildman–Crippen LogP) is 2.02. The molecule has 0 bridgehead atoms. The molecule has 0 radical (unpaired) electrons. The van der Waals surface area contributed by atoms with Crippen LogP contribution in [0, 0.1) is 0 Å². The highest BCUT2D eigenvalue weighted by molar-refractivity contribution is 5.84. The maximum atomic E-state index is 4.53. The molecule has 0 saturated carbocycles. The van der Waals surface area contributed by atoms with Crippen LogP contribution >= 0.6 is 0 Å². The van der Waals surface area contributed by atoms with Crippen LogP contribution in [-0.2, 0) is 0 Å². The van der Waals surface area contributed by atoms with E-state index in [9.17, 15) is 0 Å². The molecule has 98 valence electrons. The van der Waals surface area contributed by atoms with Gasteiger partial charge in [0.2, 0.25) is 5.95 Å². The summed E-state index contributed by atoms with van der Waals surface area (Å²) in [5.74, 6) is 1.49. The number of fused-ring (bicyclic) bond motifs is 1. The maximum absolute atomic E-state index is 4.53. The monoisotopic (exact) mass is 248 g/mol. The predicted molar refractivity (Wildman–Crippen MR) is 74.0 cm³/mol. The number of nitrogens with one attached hydrogen (secondary N) is 2. The van der Waals surface area contributed by atoms with E-state index in [0.29, 0.717) is 17.6 Å². The van der Waals surface area contributed by atoms with E-state index < -0.39 is 0 Å². The summed E-state index contributed by atoms with van der Waals surface area (Å²) in [7, 11) is 3.87. The van der Waals surface area contributed by atoms with Gasteiger partial charge >= 0.3 is 0 Å². The van der Waals surface area contributed by atoms with E-state index in [1.807, 2.05) is 7.05 Å². The van der Waals surface area contributed by atoms with E-state index in [1.165, 1.54) is 0 Å². The Balaban J connectivity index is 2.44. The fraction of sp³-hybridized carbons (Fsp3) is 0.583. The van der Waals surface area contributed by atoms with Crippen LogP contribution in [0.4, 0.5) is 11.8 Å². The molecule has 0 fully saturated rings. The van der Waals surface area contributed by atoms with Gasteiger partial charge in [-0.15, -0.1) is 0 Å². The maximum Gasteiger partial charge on any atom is 0.226 e. The number of aromatic amines is 1. The second-order valence-corrected chi connectivity index (χ2v) is 4.47. The second-order valence-electron chi connectivity index (χ2n) is 4.47. The summed E-state index contributed by atoms with van der Waals surface area (Å²) in [5, 5.41) is 2.97. The van der Waals surface area contributed by atoms with E-state index in [4.69, 9.17) is 0 Å². The molecule has 0 spiro atoms. The molecular weight excluding hydrogens is 228 g/mol. The van der Waals surface area contributed by atoms with Crippen LogP contribution in [0.3, 0.4) is 0 Å². The molecule has 0 aliphatic heterocycles. The first kappa shape index (κ1) is 12.6. The van der Waals surface area contributed by atoms with Gasteiger partial charge in [-0.05, 0) is 13.3 Å². The van der Waals surface area contributed by atoms with E-state index >= 15 is 0 Å². The van der Waals surface area contributed by atoms with Crippen molar-refractivity contribution in [2.75, 3.05) is 24.3 Å². The van der Waals surface area contributed by atoms with Gasteiger partial charge in [-0.3, -0.25) is 0 Å². The van der Waals surface area contributed by atoms with Gasteiger partial charge in [0.15, 0.2) is 11.5 Å². The molecule has 1 atom stereocenters. The lowest BCUT2D eigenvalue weighted by Gasteiger charge is -2.26. The molecule has 6 nitrogen and oxygen atoms in total. The third kappa shape index (κ3) is 2.23. The molecular formula is C12H20N6. The molecule has 0 aliphatic rings. The van der Waals surface area contributed by atoms with Gasteiger partial charge in [-0.1, -0.05) is 13.3 Å². The lowest BCUT2D eigenvalue weighted by molar-refractivity contribution is 0.612. The Bertz CT molecular complexity index is 520. The molecule has 0 amide bonds. The molecule has 2 heterocycles. The Kier molecular flexibility index (Phi) is 3.64. The Morgan fingerprint density at radius 2 is 2.22 bits per heavy atom. The number of imidazole rings is 1. The van der Waals surface area contributed by atoms with E-state index in [2.05, 4.69) is 51.0 Å². The third-order valence-electron chi connectivity index (χ3n) is 3.19. The van der Waals surface area contributed by atoms with Gasteiger partial charge in [0.1, 0.15) is 5.52 Å². The number of rotatable bonds is 5. The summed E-state index contributed by atoms with van der Waals surface area (Å²) < 4.78 is 0. The zero-order chi connectivity index (χ0) is 13.1. The van der Waals surface area contributed by atoms with Crippen LogP contribution in [0.25, 0.3) is 11.2 Å². The molecule has 0 saturated heterocycles. The van der Waals surface area contributed by atoms with Gasteiger partial charge in [0, 0.05) is 20.1 Å². The molecule has 18 heavy (non-hydrogen) atoms. The number of anilines is 2. The SMILES string of the molecule is CCCC(C)N(C)c1nc(NC)nc2nc[nH]c12. The number of nitrogens with zero attached hydrogens (tertiary/aromatic N) is 4. The van der Waals surface area contributed by atoms with E-state index in [1.54, 1.807) is 6.33 Å². The molecule has 0 aliphatic carbocycles. The Labute approximate surface area is 107 Å². The highest BCUT2D eigenvalue weighted by atomic mass is 15.2. The van der Waals surface area contributed by atoms with Crippen LogP contribution in [0.1, 0.15) is 26.7 Å². The zero-order valence-electron chi connectivity index (χ0n) is 11.4. The van der Waals surface area contributed by atoms with Crippen LogP contribution in [0.15, 0.2) is 6.33 Å². The molecule has 2 N–H and O–H groups in total. The van der Waals surface area contributed by atoms with E-state index in [0.717, 1.165) is 24.2 Å². The summed E-state index contributed by atoms with van der Waals surface area (Å²) in [5.41, 5.74) is 1.58. The van der Waals surface area contributed by atoms with Gasteiger partial charge in [0.25, 0.3) is 0 Å². The van der Waals surface area contributed by atoms with Crippen molar-refractivity contribution in [2.45, 2.75) is 32.7 Å². The van der Waals surface area contributed by atoms with Crippen molar-refractivity contribution in [3.63, 3.8) is 0 Å². The highest BCUT2D eigenvalue weighted by Crippen LogP contribution is 2.24. The molecule has 2 aromatic rings. The average Bonchev–Trinajstić information content (AvgIpc) is 2.84. The Morgan fingerprint density at radius 3 is 2.89 bits per heavy atom. The van der Waals surface area contributed by atoms with Crippen LogP contribution in [0.2, 0.25) is 0 Å². The van der Waals surface area contributed by atoms with Crippen molar-refractivity contribution >= 4 is 22.9 Å². The number of hydrogen-bond donors (Lipinski definition) is 2.